The molecule has 0 spiro atoms. The number of benzene rings is 2. The van der Waals surface area contributed by atoms with E-state index >= 15 is 0 Å². The highest BCUT2D eigenvalue weighted by Crippen LogP contribution is 2.32. The summed E-state index contributed by atoms with van der Waals surface area (Å²) < 4.78 is 5.94. The molecule has 2 aromatic carbocycles. The first-order valence-corrected chi connectivity index (χ1v) is 7.04. The zero-order valence-electron chi connectivity index (χ0n) is 10.9. The predicted molar refractivity (Wildman–Crippen MR) is 85.9 cm³/mol. The van der Waals surface area contributed by atoms with E-state index in [9.17, 15) is 5.11 Å². The Bertz CT molecular complexity index is 584. The first-order chi connectivity index (χ1) is 9.10. The average molecular weight is 369 g/mol. The molecule has 0 aliphatic heterocycles. The molecule has 2 rings (SSSR count). The van der Waals surface area contributed by atoms with Crippen molar-refractivity contribution in [2.45, 2.75) is 13.5 Å². The molecule has 2 N–H and O–H groups in total. The van der Waals surface area contributed by atoms with Crippen LogP contribution in [0, 0.1) is 10.5 Å². The highest BCUT2D eigenvalue weighted by molar-refractivity contribution is 14.1. The summed E-state index contributed by atoms with van der Waals surface area (Å²) in [7, 11) is 1.56. The number of aryl methyl sites for hydroxylation is 1. The van der Waals surface area contributed by atoms with Gasteiger partial charge in [-0.2, -0.15) is 0 Å². The van der Waals surface area contributed by atoms with E-state index in [0.717, 1.165) is 14.8 Å². The number of rotatable bonds is 4. The predicted octanol–water partition coefficient (Wildman–Crippen LogP) is 3.93. The molecule has 0 bridgehead atoms. The molecule has 0 aliphatic rings. The summed E-state index contributed by atoms with van der Waals surface area (Å²) in [5.74, 6) is 0.704. The van der Waals surface area contributed by atoms with Crippen molar-refractivity contribution < 1.29 is 9.84 Å². The van der Waals surface area contributed by atoms with Gasteiger partial charge in [-0.3, -0.25) is 0 Å². The van der Waals surface area contributed by atoms with Crippen LogP contribution in [-0.2, 0) is 6.54 Å². The van der Waals surface area contributed by atoms with Gasteiger partial charge in [-0.15, -0.1) is 0 Å². The monoisotopic (exact) mass is 369 g/mol. The summed E-state index contributed by atoms with van der Waals surface area (Å²) in [6.07, 6.45) is 0. The maximum Gasteiger partial charge on any atom is 0.171 e. The van der Waals surface area contributed by atoms with Crippen molar-refractivity contribution in [2.24, 2.45) is 0 Å². The number of ether oxygens (including phenoxy) is 1. The highest BCUT2D eigenvalue weighted by Gasteiger charge is 2.08. The van der Waals surface area contributed by atoms with E-state index < -0.39 is 0 Å². The van der Waals surface area contributed by atoms with Gasteiger partial charge in [-0.1, -0.05) is 12.1 Å². The number of hydrogen-bond acceptors (Lipinski definition) is 3. The molecule has 0 radical (unpaired) electrons. The van der Waals surface area contributed by atoms with Crippen LogP contribution in [0.5, 0.6) is 11.5 Å². The third-order valence-corrected chi connectivity index (χ3v) is 3.65. The third-order valence-electron chi connectivity index (χ3n) is 2.82. The molecule has 0 fully saturated rings. The Balaban J connectivity index is 2.13. The quantitative estimate of drug-likeness (QED) is 0.803. The molecule has 0 saturated carbocycles. The highest BCUT2D eigenvalue weighted by atomic mass is 127. The fraction of sp³-hybridized carbons (Fsp3) is 0.200. The molecule has 0 atom stereocenters. The molecule has 0 aromatic heterocycles. The Morgan fingerprint density at radius 2 is 2.05 bits per heavy atom. The summed E-state index contributed by atoms with van der Waals surface area (Å²) in [6, 6.07) is 12.0. The molecule has 0 amide bonds. The minimum Gasteiger partial charge on any atom is -0.504 e. The maximum atomic E-state index is 9.79. The minimum absolute atomic E-state index is 0.197. The van der Waals surface area contributed by atoms with E-state index in [2.05, 4.69) is 47.0 Å². The van der Waals surface area contributed by atoms with Crippen LogP contribution in [0.4, 0.5) is 5.69 Å². The lowest BCUT2D eigenvalue weighted by Crippen LogP contribution is -2.00. The van der Waals surface area contributed by atoms with Crippen molar-refractivity contribution in [3.63, 3.8) is 0 Å². The standard InChI is InChI=1S/C15H16INO2/c1-10-4-3-5-12(6-10)17-9-11-7-13(16)15(18)14(8-11)19-2/h3-8,17-18H,9H2,1-2H3. The molecule has 0 aliphatic carbocycles. The zero-order chi connectivity index (χ0) is 13.8. The van der Waals surface area contributed by atoms with Gasteiger partial charge in [0.2, 0.25) is 0 Å². The SMILES string of the molecule is COc1cc(CNc2cccc(C)c2)cc(I)c1O. The molecule has 0 unspecified atom stereocenters. The van der Waals surface area contributed by atoms with E-state index in [4.69, 9.17) is 4.74 Å². The van der Waals surface area contributed by atoms with Crippen LogP contribution >= 0.6 is 22.6 Å². The topological polar surface area (TPSA) is 41.5 Å². The van der Waals surface area contributed by atoms with Gasteiger partial charge in [-0.25, -0.2) is 0 Å². The fourth-order valence-electron chi connectivity index (χ4n) is 1.84. The number of aromatic hydroxyl groups is 1. The number of halogens is 1. The number of hydrogen-bond donors (Lipinski definition) is 2. The molecular weight excluding hydrogens is 353 g/mol. The molecule has 3 nitrogen and oxygen atoms in total. The Labute approximate surface area is 126 Å². The largest absolute Gasteiger partial charge is 0.504 e. The molecule has 100 valence electrons. The number of nitrogens with one attached hydrogen (secondary N) is 1. The summed E-state index contributed by atoms with van der Waals surface area (Å²) >= 11 is 2.10. The van der Waals surface area contributed by atoms with E-state index in [1.165, 1.54) is 5.56 Å². The van der Waals surface area contributed by atoms with Gasteiger partial charge in [0.25, 0.3) is 0 Å². The molecule has 4 heteroatoms. The second-order valence-corrected chi connectivity index (χ2v) is 5.51. The number of phenolic OH excluding ortho intramolecular Hbond substituents is 1. The average Bonchev–Trinajstić information content (AvgIpc) is 2.40. The summed E-state index contributed by atoms with van der Waals surface area (Å²) in [4.78, 5) is 0. The van der Waals surface area contributed by atoms with Crippen molar-refractivity contribution in [1.29, 1.82) is 0 Å². The van der Waals surface area contributed by atoms with Crippen LogP contribution in [0.25, 0.3) is 0 Å². The van der Waals surface area contributed by atoms with E-state index in [0.29, 0.717) is 12.3 Å². The number of anilines is 1. The van der Waals surface area contributed by atoms with E-state index in [1.54, 1.807) is 7.11 Å². The lowest BCUT2D eigenvalue weighted by Gasteiger charge is -2.11. The van der Waals surface area contributed by atoms with Crippen LogP contribution in [0.3, 0.4) is 0 Å². The maximum absolute atomic E-state index is 9.79. The van der Waals surface area contributed by atoms with Crippen molar-refractivity contribution in [3.8, 4) is 11.5 Å². The number of methoxy groups -OCH3 is 1. The van der Waals surface area contributed by atoms with E-state index in [1.807, 2.05) is 24.3 Å². The van der Waals surface area contributed by atoms with E-state index in [-0.39, 0.29) is 5.75 Å². The Hall–Kier alpha value is -1.43. The van der Waals surface area contributed by atoms with Gasteiger partial charge in [0, 0.05) is 12.2 Å². The number of phenols is 1. The van der Waals surface area contributed by atoms with Crippen molar-refractivity contribution in [2.75, 3.05) is 12.4 Å². The smallest absolute Gasteiger partial charge is 0.171 e. The van der Waals surface area contributed by atoms with Crippen LogP contribution in [0.2, 0.25) is 0 Å². The van der Waals surface area contributed by atoms with Gasteiger partial charge in [-0.05, 0) is 64.9 Å². The molecule has 0 saturated heterocycles. The van der Waals surface area contributed by atoms with Crippen molar-refractivity contribution in [1.82, 2.24) is 0 Å². The van der Waals surface area contributed by atoms with Gasteiger partial charge in [0.05, 0.1) is 10.7 Å². The zero-order valence-corrected chi connectivity index (χ0v) is 13.1. The van der Waals surface area contributed by atoms with Crippen LogP contribution in [0.15, 0.2) is 36.4 Å². The van der Waals surface area contributed by atoms with Crippen LogP contribution in [-0.4, -0.2) is 12.2 Å². The summed E-state index contributed by atoms with van der Waals surface area (Å²) in [5.41, 5.74) is 3.38. The van der Waals surface area contributed by atoms with Gasteiger partial charge >= 0.3 is 0 Å². The minimum atomic E-state index is 0.197. The normalized spacial score (nSPS) is 10.3. The van der Waals surface area contributed by atoms with Gasteiger partial charge in [0.15, 0.2) is 11.5 Å². The molecular formula is C15H16INO2. The van der Waals surface area contributed by atoms with Crippen molar-refractivity contribution >= 4 is 28.3 Å². The third kappa shape index (κ3) is 3.53. The van der Waals surface area contributed by atoms with Gasteiger partial charge < -0.3 is 15.2 Å². The second kappa shape index (κ2) is 6.14. The molecule has 2 aromatic rings. The molecule has 19 heavy (non-hydrogen) atoms. The van der Waals surface area contributed by atoms with Crippen molar-refractivity contribution in [3.05, 3.63) is 51.1 Å². The first-order valence-electron chi connectivity index (χ1n) is 5.96. The lowest BCUT2D eigenvalue weighted by atomic mass is 10.2. The van der Waals surface area contributed by atoms with Crippen LogP contribution in [0.1, 0.15) is 11.1 Å². The van der Waals surface area contributed by atoms with Crippen LogP contribution < -0.4 is 10.1 Å². The second-order valence-electron chi connectivity index (χ2n) is 4.35. The Kier molecular flexibility index (Phi) is 4.52. The fourth-order valence-corrected chi connectivity index (χ4v) is 2.51. The Morgan fingerprint density at radius 1 is 1.26 bits per heavy atom. The summed E-state index contributed by atoms with van der Waals surface area (Å²) in [5, 5.41) is 13.1. The molecule has 0 heterocycles. The van der Waals surface area contributed by atoms with Gasteiger partial charge in [0.1, 0.15) is 0 Å². The Morgan fingerprint density at radius 3 is 2.74 bits per heavy atom. The first kappa shape index (κ1) is 14.0. The summed E-state index contributed by atoms with van der Waals surface area (Å²) in [6.45, 7) is 2.76. The lowest BCUT2D eigenvalue weighted by molar-refractivity contribution is 0.371.